The molecular formula is C18H18N2O3. The Hall–Kier alpha value is -2.82. The third-order valence-electron chi connectivity index (χ3n) is 4.18. The molecule has 0 aliphatic rings. The summed E-state index contributed by atoms with van der Waals surface area (Å²) in [4.78, 5) is 27.1. The maximum absolute atomic E-state index is 12.6. The molecule has 118 valence electrons. The molecule has 2 heterocycles. The Labute approximate surface area is 133 Å². The minimum absolute atomic E-state index is 0.175. The highest BCUT2D eigenvalue weighted by atomic mass is 16.4. The van der Waals surface area contributed by atoms with Crippen molar-refractivity contribution in [3.05, 3.63) is 63.1 Å². The fourth-order valence-corrected chi connectivity index (χ4v) is 2.77. The fourth-order valence-electron chi connectivity index (χ4n) is 2.77. The lowest BCUT2D eigenvalue weighted by molar-refractivity contribution is -0.136. The van der Waals surface area contributed by atoms with Crippen molar-refractivity contribution in [2.75, 3.05) is 0 Å². The number of hydrogen-bond donors (Lipinski definition) is 2. The van der Waals surface area contributed by atoms with Gasteiger partial charge >= 0.3 is 5.97 Å². The Kier molecular flexibility index (Phi) is 3.56. The Bertz CT molecular complexity index is 963. The second-order valence-electron chi connectivity index (χ2n) is 5.86. The number of carboxylic acids is 1. The van der Waals surface area contributed by atoms with Crippen molar-refractivity contribution >= 4 is 11.6 Å². The van der Waals surface area contributed by atoms with Gasteiger partial charge in [-0.3, -0.25) is 14.0 Å². The highest BCUT2D eigenvalue weighted by Gasteiger charge is 2.18. The van der Waals surface area contributed by atoms with Crippen LogP contribution in [-0.2, 0) is 11.2 Å². The number of hydrogen-bond acceptors (Lipinski definition) is 2. The number of H-pyrrole nitrogens is 1. The van der Waals surface area contributed by atoms with E-state index in [0.717, 1.165) is 16.7 Å². The van der Waals surface area contributed by atoms with Crippen LogP contribution in [0.1, 0.15) is 22.4 Å². The second-order valence-corrected chi connectivity index (χ2v) is 5.86. The lowest BCUT2D eigenvalue weighted by Crippen LogP contribution is -2.20. The third kappa shape index (κ3) is 2.54. The highest BCUT2D eigenvalue weighted by Crippen LogP contribution is 2.25. The first-order valence-corrected chi connectivity index (χ1v) is 7.41. The topological polar surface area (TPSA) is 74.6 Å². The molecule has 3 rings (SSSR count). The molecule has 0 atom stereocenters. The molecule has 2 aromatic heterocycles. The molecule has 3 aromatic rings. The lowest BCUT2D eigenvalue weighted by Gasteiger charge is -2.05. The summed E-state index contributed by atoms with van der Waals surface area (Å²) in [5.74, 6) is -0.968. The van der Waals surface area contributed by atoms with Crippen LogP contribution in [0.5, 0.6) is 0 Å². The van der Waals surface area contributed by atoms with E-state index >= 15 is 0 Å². The van der Waals surface area contributed by atoms with Crippen LogP contribution in [0, 0.1) is 20.8 Å². The van der Waals surface area contributed by atoms with Crippen LogP contribution in [-0.4, -0.2) is 20.5 Å². The molecule has 23 heavy (non-hydrogen) atoms. The van der Waals surface area contributed by atoms with Crippen molar-refractivity contribution in [2.24, 2.45) is 0 Å². The quantitative estimate of drug-likeness (QED) is 0.781. The average molecular weight is 310 g/mol. The van der Waals surface area contributed by atoms with Gasteiger partial charge in [-0.15, -0.1) is 0 Å². The number of nitrogens with one attached hydrogen (secondary N) is 1. The molecule has 5 heteroatoms. The molecular weight excluding hydrogens is 292 g/mol. The Morgan fingerprint density at radius 2 is 1.83 bits per heavy atom. The first kappa shape index (κ1) is 15.1. The standard InChI is InChI=1S/C18H18N2O3/c1-10-4-6-13(7-5-10)17-14(9-16(21)22)20-15(19-17)8-11(2)12(3)18(20)23/h4-8,19H,9H2,1-3H3,(H,21,22). The number of aromatic amines is 1. The molecule has 0 fully saturated rings. The number of benzene rings is 1. The van der Waals surface area contributed by atoms with Gasteiger partial charge in [-0.25, -0.2) is 0 Å². The lowest BCUT2D eigenvalue weighted by atomic mass is 10.1. The number of aromatic nitrogens is 2. The van der Waals surface area contributed by atoms with Crippen LogP contribution in [0.3, 0.4) is 0 Å². The van der Waals surface area contributed by atoms with Crippen LogP contribution < -0.4 is 5.56 Å². The van der Waals surface area contributed by atoms with E-state index in [1.165, 1.54) is 4.40 Å². The summed E-state index contributed by atoms with van der Waals surface area (Å²) in [5, 5.41) is 9.25. The van der Waals surface area contributed by atoms with Crippen LogP contribution in [0.15, 0.2) is 35.1 Å². The van der Waals surface area contributed by atoms with E-state index in [1.54, 1.807) is 6.92 Å². The number of fused-ring (bicyclic) bond motifs is 1. The van der Waals surface area contributed by atoms with Gasteiger partial charge in [0.05, 0.1) is 17.8 Å². The van der Waals surface area contributed by atoms with Crippen molar-refractivity contribution in [1.29, 1.82) is 0 Å². The summed E-state index contributed by atoms with van der Waals surface area (Å²) in [6.07, 6.45) is -0.217. The molecule has 0 amide bonds. The second kappa shape index (κ2) is 5.43. The molecule has 0 bridgehead atoms. The smallest absolute Gasteiger partial charge is 0.309 e. The number of pyridine rings is 1. The summed E-state index contributed by atoms with van der Waals surface area (Å²) in [7, 11) is 0. The van der Waals surface area contributed by atoms with E-state index < -0.39 is 5.97 Å². The van der Waals surface area contributed by atoms with Gasteiger partial charge in [0.15, 0.2) is 0 Å². The number of nitrogens with zero attached hydrogens (tertiary/aromatic N) is 1. The Balaban J connectivity index is 2.37. The predicted octanol–water partition coefficient (Wildman–Crippen LogP) is 2.85. The number of carboxylic acid groups (broad SMARTS) is 1. The number of imidazole rings is 1. The van der Waals surface area contributed by atoms with Gasteiger partial charge in [-0.1, -0.05) is 29.8 Å². The molecule has 0 radical (unpaired) electrons. The van der Waals surface area contributed by atoms with Crippen molar-refractivity contribution in [2.45, 2.75) is 27.2 Å². The van der Waals surface area contributed by atoms with Gasteiger partial charge in [0, 0.05) is 5.56 Å². The van der Waals surface area contributed by atoms with E-state index in [4.69, 9.17) is 0 Å². The molecule has 0 spiro atoms. The van der Waals surface area contributed by atoms with E-state index in [-0.39, 0.29) is 12.0 Å². The first-order chi connectivity index (χ1) is 10.9. The molecule has 5 nitrogen and oxygen atoms in total. The van der Waals surface area contributed by atoms with Crippen LogP contribution in [0.2, 0.25) is 0 Å². The number of aliphatic carboxylic acids is 1. The summed E-state index contributed by atoms with van der Waals surface area (Å²) in [5.41, 5.74) is 5.09. The summed E-state index contributed by atoms with van der Waals surface area (Å²) in [6, 6.07) is 9.65. The molecule has 1 aromatic carbocycles. The maximum Gasteiger partial charge on any atom is 0.309 e. The monoisotopic (exact) mass is 310 g/mol. The SMILES string of the molecule is Cc1ccc(-c2[nH]c3cc(C)c(C)c(=O)n3c2CC(=O)O)cc1. The van der Waals surface area contributed by atoms with E-state index in [0.29, 0.717) is 22.6 Å². The summed E-state index contributed by atoms with van der Waals surface area (Å²) < 4.78 is 1.48. The fraction of sp³-hybridized carbons (Fsp3) is 0.222. The zero-order valence-electron chi connectivity index (χ0n) is 13.3. The Morgan fingerprint density at radius 1 is 1.17 bits per heavy atom. The highest BCUT2D eigenvalue weighted by molar-refractivity contribution is 5.76. The number of carbonyl (C=O) groups is 1. The maximum atomic E-state index is 12.6. The van der Waals surface area contributed by atoms with Gasteiger partial charge in [0.1, 0.15) is 5.65 Å². The van der Waals surface area contributed by atoms with E-state index in [9.17, 15) is 14.7 Å². The molecule has 0 saturated carbocycles. The van der Waals surface area contributed by atoms with Crippen molar-refractivity contribution < 1.29 is 9.90 Å². The third-order valence-corrected chi connectivity index (χ3v) is 4.18. The molecule has 0 aliphatic heterocycles. The predicted molar refractivity (Wildman–Crippen MR) is 89.0 cm³/mol. The number of aryl methyl sites for hydroxylation is 2. The summed E-state index contributed by atoms with van der Waals surface area (Å²) >= 11 is 0. The molecule has 2 N–H and O–H groups in total. The molecule has 0 unspecified atom stereocenters. The van der Waals surface area contributed by atoms with Crippen LogP contribution >= 0.6 is 0 Å². The minimum atomic E-state index is -0.968. The largest absolute Gasteiger partial charge is 0.481 e. The van der Waals surface area contributed by atoms with Crippen molar-refractivity contribution in [3.8, 4) is 11.3 Å². The van der Waals surface area contributed by atoms with Gasteiger partial charge in [-0.2, -0.15) is 0 Å². The van der Waals surface area contributed by atoms with Crippen molar-refractivity contribution in [1.82, 2.24) is 9.38 Å². The normalized spacial score (nSPS) is 11.1. The minimum Gasteiger partial charge on any atom is -0.481 e. The van der Waals surface area contributed by atoms with Gasteiger partial charge < -0.3 is 10.1 Å². The number of rotatable bonds is 3. The van der Waals surface area contributed by atoms with E-state index in [1.807, 2.05) is 44.2 Å². The van der Waals surface area contributed by atoms with Crippen molar-refractivity contribution in [3.63, 3.8) is 0 Å². The van der Waals surface area contributed by atoms with Crippen LogP contribution in [0.25, 0.3) is 16.9 Å². The van der Waals surface area contributed by atoms with E-state index in [2.05, 4.69) is 4.98 Å². The van der Waals surface area contributed by atoms with Gasteiger partial charge in [0.2, 0.25) is 0 Å². The average Bonchev–Trinajstić information content (AvgIpc) is 2.83. The van der Waals surface area contributed by atoms with Gasteiger partial charge in [-0.05, 0) is 38.0 Å². The zero-order valence-corrected chi connectivity index (χ0v) is 13.3. The Morgan fingerprint density at radius 3 is 2.43 bits per heavy atom. The molecule has 0 saturated heterocycles. The zero-order chi connectivity index (χ0) is 16.7. The molecule has 0 aliphatic carbocycles. The summed E-state index contributed by atoms with van der Waals surface area (Å²) in [6.45, 7) is 5.62. The van der Waals surface area contributed by atoms with Crippen LogP contribution in [0.4, 0.5) is 0 Å². The van der Waals surface area contributed by atoms with Gasteiger partial charge in [0.25, 0.3) is 5.56 Å². The first-order valence-electron chi connectivity index (χ1n) is 7.41.